The predicted octanol–water partition coefficient (Wildman–Crippen LogP) is 2.34. The molecule has 1 amide bonds. The first-order valence-electron chi connectivity index (χ1n) is 10.8. The van der Waals surface area contributed by atoms with Gasteiger partial charge >= 0.3 is 4.87 Å². The van der Waals surface area contributed by atoms with Crippen LogP contribution in [0.2, 0.25) is 0 Å². The summed E-state index contributed by atoms with van der Waals surface area (Å²) in [5, 5.41) is 10.4. The van der Waals surface area contributed by atoms with Crippen molar-refractivity contribution >= 4 is 17.2 Å². The van der Waals surface area contributed by atoms with Gasteiger partial charge in [0.2, 0.25) is 5.88 Å². The van der Waals surface area contributed by atoms with E-state index in [1.807, 2.05) is 33.0 Å². The van der Waals surface area contributed by atoms with Crippen LogP contribution in [-0.4, -0.2) is 58.8 Å². The summed E-state index contributed by atoms with van der Waals surface area (Å²) in [6, 6.07) is 10.8. The van der Waals surface area contributed by atoms with Crippen molar-refractivity contribution in [2.24, 2.45) is 0 Å². The van der Waals surface area contributed by atoms with Gasteiger partial charge in [0.15, 0.2) is 0 Å². The Morgan fingerprint density at radius 1 is 1.24 bits per heavy atom. The molecule has 33 heavy (non-hydrogen) atoms. The lowest BCUT2D eigenvalue weighted by atomic mass is 10.0. The number of carbonyl (C=O) groups excluding carboxylic acids is 1. The number of aryl methyl sites for hydroxylation is 1. The molecule has 0 radical (unpaired) electrons. The first kappa shape index (κ1) is 22.9. The van der Waals surface area contributed by atoms with E-state index in [4.69, 9.17) is 9.47 Å². The van der Waals surface area contributed by atoms with Crippen molar-refractivity contribution < 1.29 is 14.3 Å². The Labute approximate surface area is 195 Å². The smallest absolute Gasteiger partial charge is 0.322 e. The van der Waals surface area contributed by atoms with Crippen LogP contribution in [0.3, 0.4) is 0 Å². The number of nitrogens with one attached hydrogen (secondary N) is 2. The van der Waals surface area contributed by atoms with E-state index >= 15 is 0 Å². The minimum Gasteiger partial charge on any atom is -0.489 e. The third kappa shape index (κ3) is 5.77. The van der Waals surface area contributed by atoms with Crippen LogP contribution in [0.1, 0.15) is 39.5 Å². The van der Waals surface area contributed by atoms with Gasteiger partial charge in [-0.3, -0.25) is 9.59 Å². The number of carbonyl (C=O) groups is 1. The highest BCUT2D eigenvalue weighted by atomic mass is 32.1. The predicted molar refractivity (Wildman–Crippen MR) is 125 cm³/mol. The Kier molecular flexibility index (Phi) is 7.05. The van der Waals surface area contributed by atoms with E-state index < -0.39 is 0 Å². The molecule has 1 fully saturated rings. The zero-order chi connectivity index (χ0) is 23.4. The lowest BCUT2D eigenvalue weighted by molar-refractivity contribution is 0.0935. The minimum atomic E-state index is -0.184. The van der Waals surface area contributed by atoms with Gasteiger partial charge in [0.1, 0.15) is 17.4 Å². The first-order chi connectivity index (χ1) is 15.9. The topological polar surface area (TPSA) is 109 Å². The second-order valence-electron chi connectivity index (χ2n) is 8.06. The Morgan fingerprint density at radius 3 is 2.73 bits per heavy atom. The van der Waals surface area contributed by atoms with Crippen LogP contribution < -0.4 is 19.7 Å². The Bertz CT molecular complexity index is 1160. The monoisotopic (exact) mass is 469 g/mol. The second kappa shape index (κ2) is 10.1. The highest BCUT2D eigenvalue weighted by Crippen LogP contribution is 2.27. The minimum absolute atomic E-state index is 0.0177. The van der Waals surface area contributed by atoms with E-state index in [1.165, 1.54) is 0 Å². The fourth-order valence-electron chi connectivity index (χ4n) is 3.93. The molecule has 10 heteroatoms. The Morgan fingerprint density at radius 2 is 2.03 bits per heavy atom. The van der Waals surface area contributed by atoms with Gasteiger partial charge in [0.25, 0.3) is 5.91 Å². The van der Waals surface area contributed by atoms with Crippen LogP contribution in [0.4, 0.5) is 0 Å². The van der Waals surface area contributed by atoms with E-state index in [0.29, 0.717) is 37.0 Å². The van der Waals surface area contributed by atoms with Crippen LogP contribution in [0.25, 0.3) is 0 Å². The SMILES string of the molecule is CCOc1cc(COc2ccc(C(=O)N[C@@H]3CN(C)C[C@@H]3c3n[nH]c(=O)s3)cc2)cc(C)n1. The van der Waals surface area contributed by atoms with Gasteiger partial charge in [0, 0.05) is 36.3 Å². The zero-order valence-corrected chi connectivity index (χ0v) is 19.6. The molecule has 1 aliphatic heterocycles. The summed E-state index contributed by atoms with van der Waals surface area (Å²) in [5.41, 5.74) is 2.37. The van der Waals surface area contributed by atoms with Crippen LogP contribution in [0, 0.1) is 6.92 Å². The van der Waals surface area contributed by atoms with Crippen LogP contribution >= 0.6 is 11.3 Å². The number of hydrogen-bond donors (Lipinski definition) is 2. The zero-order valence-electron chi connectivity index (χ0n) is 18.8. The van der Waals surface area contributed by atoms with Gasteiger partial charge < -0.3 is 19.7 Å². The molecule has 4 rings (SSSR count). The van der Waals surface area contributed by atoms with Crippen LogP contribution in [-0.2, 0) is 6.61 Å². The van der Waals surface area contributed by atoms with Crippen LogP contribution in [0.15, 0.2) is 41.2 Å². The quantitative estimate of drug-likeness (QED) is 0.521. The highest BCUT2D eigenvalue weighted by Gasteiger charge is 2.35. The Balaban J connectivity index is 1.37. The van der Waals surface area contributed by atoms with Crippen molar-refractivity contribution in [3.8, 4) is 11.6 Å². The molecule has 3 heterocycles. The Hall–Kier alpha value is -3.24. The molecule has 1 saturated heterocycles. The number of H-pyrrole nitrogens is 1. The number of ether oxygens (including phenoxy) is 2. The summed E-state index contributed by atoms with van der Waals surface area (Å²) in [5.74, 6) is 1.07. The molecule has 2 atom stereocenters. The molecule has 1 aliphatic rings. The van der Waals surface area contributed by atoms with E-state index in [9.17, 15) is 9.59 Å². The van der Waals surface area contributed by atoms with E-state index in [2.05, 4.69) is 25.4 Å². The van der Waals surface area contributed by atoms with Crippen molar-refractivity contribution in [3.05, 3.63) is 67.9 Å². The summed E-state index contributed by atoms with van der Waals surface area (Å²) in [6.45, 7) is 6.19. The van der Waals surface area contributed by atoms with Crippen molar-refractivity contribution in [2.75, 3.05) is 26.7 Å². The largest absolute Gasteiger partial charge is 0.489 e. The van der Waals surface area contributed by atoms with E-state index in [-0.39, 0.29) is 22.7 Å². The van der Waals surface area contributed by atoms with Gasteiger partial charge in [-0.1, -0.05) is 11.3 Å². The average molecular weight is 470 g/mol. The lowest BCUT2D eigenvalue weighted by Gasteiger charge is -2.18. The maximum absolute atomic E-state index is 12.8. The molecular formula is C23H27N5O4S. The standard InChI is InChI=1S/C23H27N5O4S/c1-4-31-20-10-15(9-14(2)24-20)13-32-17-7-5-16(6-8-17)21(29)25-19-12-28(3)11-18(19)22-26-27-23(30)33-22/h5-10,18-19H,4,11-13H2,1-3H3,(H,25,29)(H,27,30)/t18-,19+/m0/s1. The number of benzene rings is 1. The fraction of sp³-hybridized carbons (Fsp3) is 0.391. The number of nitrogens with zero attached hydrogens (tertiary/aromatic N) is 3. The van der Waals surface area contributed by atoms with E-state index in [0.717, 1.165) is 34.1 Å². The molecular weight excluding hydrogens is 442 g/mol. The number of pyridine rings is 1. The molecule has 9 nitrogen and oxygen atoms in total. The molecule has 0 spiro atoms. The maximum Gasteiger partial charge on any atom is 0.322 e. The van der Waals surface area contributed by atoms with Crippen LogP contribution in [0.5, 0.6) is 11.6 Å². The van der Waals surface area contributed by atoms with Crippen molar-refractivity contribution in [3.63, 3.8) is 0 Å². The summed E-state index contributed by atoms with van der Waals surface area (Å²) in [6.07, 6.45) is 0. The van der Waals surface area contributed by atoms with Gasteiger partial charge in [-0.05, 0) is 56.8 Å². The molecule has 0 saturated carbocycles. The number of aromatic nitrogens is 3. The average Bonchev–Trinajstić information content (AvgIpc) is 3.37. The third-order valence-electron chi connectivity index (χ3n) is 5.39. The maximum atomic E-state index is 12.8. The normalized spacial score (nSPS) is 18.3. The number of amides is 1. The number of rotatable bonds is 8. The van der Waals surface area contributed by atoms with Gasteiger partial charge in [-0.15, -0.1) is 0 Å². The molecule has 0 bridgehead atoms. The fourth-order valence-corrected chi connectivity index (χ4v) is 4.69. The molecule has 0 unspecified atom stereocenters. The van der Waals surface area contributed by atoms with Gasteiger partial charge in [-0.25, -0.2) is 10.1 Å². The molecule has 1 aromatic carbocycles. The number of aromatic amines is 1. The first-order valence-corrected chi connectivity index (χ1v) is 11.6. The molecule has 0 aliphatic carbocycles. The van der Waals surface area contributed by atoms with Crippen molar-refractivity contribution in [1.29, 1.82) is 0 Å². The molecule has 3 aromatic rings. The molecule has 2 aromatic heterocycles. The number of likely N-dealkylation sites (N-methyl/N-ethyl adjacent to an activating group) is 1. The molecule has 2 N–H and O–H groups in total. The highest BCUT2D eigenvalue weighted by molar-refractivity contribution is 7.08. The molecule has 174 valence electrons. The van der Waals surface area contributed by atoms with Gasteiger partial charge in [-0.2, -0.15) is 5.10 Å². The number of likely N-dealkylation sites (tertiary alicyclic amines) is 1. The summed E-state index contributed by atoms with van der Waals surface area (Å²) in [7, 11) is 1.99. The van der Waals surface area contributed by atoms with E-state index in [1.54, 1.807) is 24.3 Å². The van der Waals surface area contributed by atoms with Crippen molar-refractivity contribution in [2.45, 2.75) is 32.4 Å². The van der Waals surface area contributed by atoms with Crippen molar-refractivity contribution in [1.82, 2.24) is 25.4 Å². The second-order valence-corrected chi connectivity index (χ2v) is 9.05. The summed E-state index contributed by atoms with van der Waals surface area (Å²) < 4.78 is 11.4. The lowest BCUT2D eigenvalue weighted by Crippen LogP contribution is -2.39. The number of hydrogen-bond acceptors (Lipinski definition) is 8. The summed E-state index contributed by atoms with van der Waals surface area (Å²) in [4.78, 5) is 30.6. The third-order valence-corrected chi connectivity index (χ3v) is 6.27. The summed E-state index contributed by atoms with van der Waals surface area (Å²) >= 11 is 1.10. The van der Waals surface area contributed by atoms with Gasteiger partial charge in [0.05, 0.1) is 12.6 Å².